The van der Waals surface area contributed by atoms with E-state index in [2.05, 4.69) is 0 Å². The van der Waals surface area contributed by atoms with Crippen LogP contribution in [0.5, 0.6) is 0 Å². The maximum atomic E-state index is 12.0. The molecule has 0 bridgehead atoms. The highest BCUT2D eigenvalue weighted by molar-refractivity contribution is 6.21. The fraction of sp³-hybridized carbons (Fsp3) is 0.357. The molecule has 6 heteroatoms. The van der Waals surface area contributed by atoms with Gasteiger partial charge in [-0.15, -0.1) is 0 Å². The number of imide groups is 1. The van der Waals surface area contributed by atoms with Gasteiger partial charge in [-0.2, -0.15) is 0 Å². The number of nitrogens with zero attached hydrogens (tertiary/aromatic N) is 2. The van der Waals surface area contributed by atoms with Gasteiger partial charge in [0.1, 0.15) is 6.04 Å². The zero-order chi connectivity index (χ0) is 14.4. The number of esters is 1. The Morgan fingerprint density at radius 2 is 1.95 bits per heavy atom. The molecule has 1 fully saturated rings. The summed E-state index contributed by atoms with van der Waals surface area (Å²) in [6.45, 7) is 0.733. The number of amides is 2. The molecule has 3 rings (SSSR count). The van der Waals surface area contributed by atoms with Crippen molar-refractivity contribution in [3.05, 3.63) is 29.3 Å². The van der Waals surface area contributed by atoms with Gasteiger partial charge < -0.3 is 9.64 Å². The van der Waals surface area contributed by atoms with Crippen molar-refractivity contribution in [3.8, 4) is 0 Å². The molecule has 0 spiro atoms. The number of hydrogen-bond acceptors (Lipinski definition) is 5. The van der Waals surface area contributed by atoms with Crippen LogP contribution in [0.2, 0.25) is 0 Å². The van der Waals surface area contributed by atoms with E-state index in [9.17, 15) is 14.4 Å². The number of hydrogen-bond donors (Lipinski definition) is 0. The molecule has 1 aromatic carbocycles. The van der Waals surface area contributed by atoms with E-state index < -0.39 is 0 Å². The summed E-state index contributed by atoms with van der Waals surface area (Å²) in [6, 6.07) is 4.77. The van der Waals surface area contributed by atoms with Gasteiger partial charge in [0.2, 0.25) is 0 Å². The molecule has 6 nitrogen and oxygen atoms in total. The number of carbonyl (C=O) groups is 3. The van der Waals surface area contributed by atoms with Crippen LogP contribution in [0, 0.1) is 0 Å². The van der Waals surface area contributed by atoms with E-state index in [1.165, 1.54) is 14.2 Å². The van der Waals surface area contributed by atoms with Crippen LogP contribution in [0.3, 0.4) is 0 Å². The third-order valence-corrected chi connectivity index (χ3v) is 3.90. The van der Waals surface area contributed by atoms with E-state index in [4.69, 9.17) is 4.74 Å². The molecule has 2 heterocycles. The van der Waals surface area contributed by atoms with E-state index in [0.29, 0.717) is 11.1 Å². The highest BCUT2D eigenvalue weighted by Crippen LogP contribution is 2.31. The molecule has 2 amide bonds. The first kappa shape index (κ1) is 12.7. The smallest absolute Gasteiger partial charge is 0.328 e. The molecule has 0 saturated carbocycles. The lowest BCUT2D eigenvalue weighted by atomic mass is 10.00. The summed E-state index contributed by atoms with van der Waals surface area (Å²) in [6.07, 6.45) is 0.733. The normalized spacial score (nSPS) is 20.8. The Morgan fingerprint density at radius 1 is 1.25 bits per heavy atom. The minimum Gasteiger partial charge on any atom is -0.467 e. The summed E-state index contributed by atoms with van der Waals surface area (Å²) >= 11 is 0. The Balaban J connectivity index is 1.93. The second kappa shape index (κ2) is 4.33. The van der Waals surface area contributed by atoms with Crippen LogP contribution in [0.4, 0.5) is 5.69 Å². The highest BCUT2D eigenvalue weighted by Gasteiger charge is 2.37. The Morgan fingerprint density at radius 3 is 2.55 bits per heavy atom. The van der Waals surface area contributed by atoms with Crippen LogP contribution in [-0.2, 0) is 9.53 Å². The van der Waals surface area contributed by atoms with Gasteiger partial charge in [0.15, 0.2) is 0 Å². The van der Waals surface area contributed by atoms with Crippen molar-refractivity contribution in [1.82, 2.24) is 4.90 Å². The molecule has 1 atom stereocenters. The van der Waals surface area contributed by atoms with Crippen LogP contribution in [0.15, 0.2) is 18.2 Å². The van der Waals surface area contributed by atoms with Crippen molar-refractivity contribution in [2.45, 2.75) is 12.5 Å². The van der Waals surface area contributed by atoms with Crippen molar-refractivity contribution < 1.29 is 19.1 Å². The van der Waals surface area contributed by atoms with E-state index in [0.717, 1.165) is 23.6 Å². The van der Waals surface area contributed by atoms with Crippen LogP contribution < -0.4 is 4.90 Å². The molecule has 0 radical (unpaired) electrons. The molecule has 1 unspecified atom stereocenters. The van der Waals surface area contributed by atoms with Crippen LogP contribution in [0.1, 0.15) is 27.1 Å². The molecule has 0 aromatic heterocycles. The third kappa shape index (κ3) is 1.61. The number of carbonyl (C=O) groups excluding carboxylic acids is 3. The number of rotatable bonds is 2. The highest BCUT2D eigenvalue weighted by atomic mass is 16.5. The van der Waals surface area contributed by atoms with E-state index >= 15 is 0 Å². The molecular weight excluding hydrogens is 260 g/mol. The molecule has 2 aliphatic rings. The molecule has 2 aliphatic heterocycles. The minimum atomic E-state index is -0.304. The predicted octanol–water partition coefficient (Wildman–Crippen LogP) is 0.664. The first-order valence-electron chi connectivity index (χ1n) is 6.35. The fourth-order valence-electron chi connectivity index (χ4n) is 2.61. The SMILES string of the molecule is COC(=O)C1CCN1c1ccc2c(c1)C(=O)N(C)C2=O. The summed E-state index contributed by atoms with van der Waals surface area (Å²) in [5.41, 5.74) is 1.57. The lowest BCUT2D eigenvalue weighted by molar-refractivity contribution is -0.143. The zero-order valence-corrected chi connectivity index (χ0v) is 11.3. The van der Waals surface area contributed by atoms with Gasteiger partial charge in [0, 0.05) is 19.3 Å². The van der Waals surface area contributed by atoms with Crippen molar-refractivity contribution in [2.75, 3.05) is 25.6 Å². The van der Waals surface area contributed by atoms with E-state index in [1.54, 1.807) is 18.2 Å². The largest absolute Gasteiger partial charge is 0.467 e. The molecular formula is C14H14N2O4. The fourth-order valence-corrected chi connectivity index (χ4v) is 2.61. The molecule has 104 valence electrons. The van der Waals surface area contributed by atoms with Crippen LogP contribution >= 0.6 is 0 Å². The van der Waals surface area contributed by atoms with Gasteiger partial charge in [0.05, 0.1) is 18.2 Å². The molecule has 20 heavy (non-hydrogen) atoms. The van der Waals surface area contributed by atoms with Crippen LogP contribution in [0.25, 0.3) is 0 Å². The zero-order valence-electron chi connectivity index (χ0n) is 11.3. The molecule has 1 saturated heterocycles. The summed E-state index contributed by atoms with van der Waals surface area (Å²) in [7, 11) is 2.82. The van der Waals surface area contributed by atoms with E-state index in [1.807, 2.05) is 4.90 Å². The number of methoxy groups -OCH3 is 1. The van der Waals surface area contributed by atoms with Gasteiger partial charge in [0.25, 0.3) is 11.8 Å². The average Bonchev–Trinajstić information content (AvgIpc) is 2.62. The minimum absolute atomic E-state index is 0.281. The lowest BCUT2D eigenvalue weighted by Crippen LogP contribution is -2.53. The van der Waals surface area contributed by atoms with E-state index in [-0.39, 0.29) is 23.8 Å². The summed E-state index contributed by atoms with van der Waals surface area (Å²) in [4.78, 5) is 38.3. The summed E-state index contributed by atoms with van der Waals surface area (Å²) in [5.74, 6) is -0.872. The summed E-state index contributed by atoms with van der Waals surface area (Å²) < 4.78 is 4.74. The molecule has 0 aliphatic carbocycles. The molecule has 1 aromatic rings. The Bertz CT molecular complexity index is 626. The van der Waals surface area contributed by atoms with Crippen molar-refractivity contribution >= 4 is 23.5 Å². The number of ether oxygens (including phenoxy) is 1. The van der Waals surface area contributed by atoms with Gasteiger partial charge in [-0.25, -0.2) is 4.79 Å². The Kier molecular flexibility index (Phi) is 2.74. The standard InChI is InChI=1S/C14H14N2O4/c1-15-12(17)9-4-3-8(7-10(9)13(15)18)16-6-5-11(16)14(19)20-2/h3-4,7,11H,5-6H2,1-2H3. The molecule has 0 N–H and O–H groups in total. The van der Waals surface area contributed by atoms with Crippen molar-refractivity contribution in [3.63, 3.8) is 0 Å². The maximum Gasteiger partial charge on any atom is 0.328 e. The first-order chi connectivity index (χ1) is 9.54. The number of fused-ring (bicyclic) bond motifs is 1. The van der Waals surface area contributed by atoms with Gasteiger partial charge in [-0.3, -0.25) is 14.5 Å². The lowest BCUT2D eigenvalue weighted by Gasteiger charge is -2.40. The monoisotopic (exact) mass is 274 g/mol. The van der Waals surface area contributed by atoms with Crippen molar-refractivity contribution in [2.24, 2.45) is 0 Å². The number of benzene rings is 1. The van der Waals surface area contributed by atoms with Gasteiger partial charge in [-0.1, -0.05) is 0 Å². The van der Waals surface area contributed by atoms with Crippen molar-refractivity contribution in [1.29, 1.82) is 0 Å². The average molecular weight is 274 g/mol. The summed E-state index contributed by atoms with van der Waals surface area (Å²) in [5, 5.41) is 0. The first-order valence-corrected chi connectivity index (χ1v) is 6.35. The second-order valence-electron chi connectivity index (χ2n) is 4.92. The Hall–Kier alpha value is -2.37. The number of anilines is 1. The Labute approximate surface area is 115 Å². The quantitative estimate of drug-likeness (QED) is 0.585. The second-order valence-corrected chi connectivity index (χ2v) is 4.92. The predicted molar refractivity (Wildman–Crippen MR) is 70.6 cm³/mol. The maximum absolute atomic E-state index is 12.0. The van der Waals surface area contributed by atoms with Gasteiger partial charge >= 0.3 is 5.97 Å². The topological polar surface area (TPSA) is 66.9 Å². The van der Waals surface area contributed by atoms with Crippen LogP contribution in [-0.4, -0.2) is 49.4 Å². The van der Waals surface area contributed by atoms with Gasteiger partial charge in [-0.05, 0) is 24.6 Å². The third-order valence-electron chi connectivity index (χ3n) is 3.90.